The molecular formula is C25H31Br2NO3. The van der Waals surface area contributed by atoms with Crippen molar-refractivity contribution < 1.29 is 14.3 Å². The first kappa shape index (κ1) is 24.1. The van der Waals surface area contributed by atoms with Crippen molar-refractivity contribution in [1.82, 2.24) is 4.90 Å². The molecule has 168 valence electrons. The molecule has 0 unspecified atom stereocenters. The van der Waals surface area contributed by atoms with Crippen LogP contribution in [0.2, 0.25) is 0 Å². The molecule has 0 aliphatic carbocycles. The highest BCUT2D eigenvalue weighted by Crippen LogP contribution is 2.31. The zero-order valence-corrected chi connectivity index (χ0v) is 21.7. The molecule has 0 radical (unpaired) electrons. The van der Waals surface area contributed by atoms with Crippen molar-refractivity contribution in [1.29, 1.82) is 0 Å². The molecule has 6 heteroatoms. The van der Waals surface area contributed by atoms with Gasteiger partial charge in [0.25, 0.3) is 0 Å². The molecule has 2 aromatic rings. The number of amides is 1. The number of hydrogen-bond donors (Lipinski definition) is 0. The van der Waals surface area contributed by atoms with E-state index in [9.17, 15) is 4.79 Å². The van der Waals surface area contributed by atoms with Crippen LogP contribution in [0.5, 0.6) is 11.5 Å². The Bertz CT molecular complexity index is 869. The summed E-state index contributed by atoms with van der Waals surface area (Å²) in [6.45, 7) is 7.30. The van der Waals surface area contributed by atoms with Gasteiger partial charge in [-0.3, -0.25) is 0 Å². The molecule has 1 heterocycles. The Morgan fingerprint density at radius 2 is 1.71 bits per heavy atom. The lowest BCUT2D eigenvalue weighted by Crippen LogP contribution is -2.41. The molecule has 1 aliphatic heterocycles. The maximum atomic E-state index is 12.2. The predicted molar refractivity (Wildman–Crippen MR) is 132 cm³/mol. The van der Waals surface area contributed by atoms with Crippen LogP contribution >= 0.6 is 31.9 Å². The number of benzene rings is 2. The summed E-state index contributed by atoms with van der Waals surface area (Å²) in [5, 5.41) is 0.820. The molecule has 4 nitrogen and oxygen atoms in total. The second-order valence-corrected chi connectivity index (χ2v) is 10.5. The zero-order chi connectivity index (χ0) is 22.4. The zero-order valence-electron chi connectivity index (χ0n) is 18.5. The molecule has 0 N–H and O–H groups in total. The number of rotatable bonds is 6. The van der Waals surface area contributed by atoms with E-state index in [1.54, 1.807) is 0 Å². The molecule has 2 aromatic carbocycles. The van der Waals surface area contributed by atoms with E-state index in [1.807, 2.05) is 43.9 Å². The third-order valence-corrected chi connectivity index (χ3v) is 6.68. The Morgan fingerprint density at radius 1 is 1.06 bits per heavy atom. The van der Waals surface area contributed by atoms with Gasteiger partial charge in [-0.25, -0.2) is 4.79 Å². The summed E-state index contributed by atoms with van der Waals surface area (Å²) in [7, 11) is 0. The van der Waals surface area contributed by atoms with Crippen LogP contribution in [0.25, 0.3) is 0 Å². The Balaban J connectivity index is 1.44. The summed E-state index contributed by atoms with van der Waals surface area (Å²) in [5.41, 5.74) is 2.08. The fourth-order valence-electron chi connectivity index (χ4n) is 3.66. The average molecular weight is 553 g/mol. The molecule has 0 aromatic heterocycles. The van der Waals surface area contributed by atoms with Gasteiger partial charge in [0.2, 0.25) is 0 Å². The summed E-state index contributed by atoms with van der Waals surface area (Å²) >= 11 is 7.05. The molecular weight excluding hydrogens is 522 g/mol. The maximum Gasteiger partial charge on any atom is 0.410 e. The first-order valence-corrected chi connectivity index (χ1v) is 12.7. The van der Waals surface area contributed by atoms with E-state index in [1.165, 1.54) is 11.1 Å². The highest BCUT2D eigenvalue weighted by atomic mass is 79.9. The predicted octanol–water partition coefficient (Wildman–Crippen LogP) is 7.72. The largest absolute Gasteiger partial charge is 0.456 e. The first-order valence-electron chi connectivity index (χ1n) is 10.8. The van der Waals surface area contributed by atoms with Crippen LogP contribution in [0, 0.1) is 5.92 Å². The van der Waals surface area contributed by atoms with Gasteiger partial charge < -0.3 is 14.4 Å². The number of piperidine rings is 1. The van der Waals surface area contributed by atoms with Crippen molar-refractivity contribution in [2.75, 3.05) is 13.1 Å². The number of carbonyl (C=O) groups is 1. The van der Waals surface area contributed by atoms with Crippen molar-refractivity contribution in [2.24, 2.45) is 5.92 Å². The fraction of sp³-hybridized carbons (Fsp3) is 0.480. The minimum atomic E-state index is -0.434. The number of hydrogen-bond acceptors (Lipinski definition) is 3. The van der Waals surface area contributed by atoms with Gasteiger partial charge >= 0.3 is 6.09 Å². The van der Waals surface area contributed by atoms with Crippen molar-refractivity contribution in [3.63, 3.8) is 0 Å². The van der Waals surface area contributed by atoms with Gasteiger partial charge in [0.15, 0.2) is 0 Å². The molecule has 3 rings (SSSR count). The fourth-order valence-corrected chi connectivity index (χ4v) is 4.52. The lowest BCUT2D eigenvalue weighted by molar-refractivity contribution is 0.0181. The third-order valence-electron chi connectivity index (χ3n) is 5.41. The number of likely N-dealkylation sites (tertiary alicyclic amines) is 1. The van der Waals surface area contributed by atoms with E-state index in [4.69, 9.17) is 9.47 Å². The minimum Gasteiger partial charge on any atom is -0.456 e. The van der Waals surface area contributed by atoms with Gasteiger partial charge in [0, 0.05) is 18.4 Å². The molecule has 0 bridgehead atoms. The highest BCUT2D eigenvalue weighted by Gasteiger charge is 2.26. The van der Waals surface area contributed by atoms with E-state index in [0.717, 1.165) is 60.1 Å². The van der Waals surface area contributed by atoms with Crippen molar-refractivity contribution in [3.05, 3.63) is 58.1 Å². The maximum absolute atomic E-state index is 12.2. The molecule has 1 aliphatic rings. The number of nitrogens with zero attached hydrogens (tertiary/aromatic N) is 1. The Labute approximate surface area is 202 Å². The van der Waals surface area contributed by atoms with Crippen LogP contribution < -0.4 is 4.74 Å². The molecule has 1 saturated heterocycles. The third kappa shape index (κ3) is 7.53. The standard InChI is InChI=1S/C25H31Br2NO3/c1-25(2,3)31-24(29)28-14-12-19(13-15-28)5-4-18-6-9-21(10-7-18)30-23-11-8-20(17-26)16-22(23)27/h6-11,16,19H,4-5,12-15,17H2,1-3H3. The normalized spacial score (nSPS) is 15.1. The van der Waals surface area contributed by atoms with Crippen LogP contribution in [0.15, 0.2) is 46.9 Å². The molecule has 31 heavy (non-hydrogen) atoms. The summed E-state index contributed by atoms with van der Waals surface area (Å²) < 4.78 is 12.4. The number of carbonyl (C=O) groups excluding carboxylic acids is 1. The number of aryl methyl sites for hydroxylation is 1. The Kier molecular flexibility index (Phi) is 8.45. The van der Waals surface area contributed by atoms with Gasteiger partial charge in [0.05, 0.1) is 4.47 Å². The molecule has 0 atom stereocenters. The van der Waals surface area contributed by atoms with Gasteiger partial charge in [-0.15, -0.1) is 0 Å². The van der Waals surface area contributed by atoms with Gasteiger partial charge in [-0.05, 0) is 104 Å². The van der Waals surface area contributed by atoms with Crippen LogP contribution in [0.3, 0.4) is 0 Å². The number of alkyl halides is 1. The first-order chi connectivity index (χ1) is 14.7. The van der Waals surface area contributed by atoms with Gasteiger partial charge in [-0.2, -0.15) is 0 Å². The lowest BCUT2D eigenvalue weighted by atomic mass is 9.90. The Hall–Kier alpha value is -1.53. The number of ether oxygens (including phenoxy) is 2. The lowest BCUT2D eigenvalue weighted by Gasteiger charge is -2.33. The number of halogens is 2. The summed E-state index contributed by atoms with van der Waals surface area (Å²) in [4.78, 5) is 14.0. The van der Waals surface area contributed by atoms with E-state index in [2.05, 4.69) is 56.1 Å². The summed E-state index contributed by atoms with van der Waals surface area (Å²) in [5.74, 6) is 2.30. The van der Waals surface area contributed by atoms with Crippen molar-refractivity contribution in [3.8, 4) is 11.5 Å². The average Bonchev–Trinajstić information content (AvgIpc) is 2.74. The van der Waals surface area contributed by atoms with Crippen LogP contribution in [0.1, 0.15) is 51.2 Å². The van der Waals surface area contributed by atoms with Gasteiger partial charge in [-0.1, -0.05) is 34.1 Å². The van der Waals surface area contributed by atoms with Crippen molar-refractivity contribution in [2.45, 2.75) is 57.4 Å². The minimum absolute atomic E-state index is 0.185. The van der Waals surface area contributed by atoms with E-state index >= 15 is 0 Å². The second kappa shape index (κ2) is 10.9. The van der Waals surface area contributed by atoms with E-state index in [-0.39, 0.29) is 6.09 Å². The van der Waals surface area contributed by atoms with Crippen LogP contribution in [-0.2, 0) is 16.5 Å². The molecule has 0 spiro atoms. The van der Waals surface area contributed by atoms with Crippen molar-refractivity contribution >= 4 is 38.0 Å². The van der Waals surface area contributed by atoms with Crippen LogP contribution in [-0.4, -0.2) is 29.7 Å². The monoisotopic (exact) mass is 551 g/mol. The quantitative estimate of drug-likeness (QED) is 0.344. The topological polar surface area (TPSA) is 38.8 Å². The van der Waals surface area contributed by atoms with Crippen LogP contribution in [0.4, 0.5) is 4.79 Å². The Morgan fingerprint density at radius 3 is 2.29 bits per heavy atom. The smallest absolute Gasteiger partial charge is 0.410 e. The molecule has 0 saturated carbocycles. The second-order valence-electron chi connectivity index (χ2n) is 9.09. The summed E-state index contributed by atoms with van der Waals surface area (Å²) in [6.07, 6.45) is 4.08. The molecule has 1 fully saturated rings. The van der Waals surface area contributed by atoms with E-state index in [0.29, 0.717) is 5.92 Å². The SMILES string of the molecule is CC(C)(C)OC(=O)N1CCC(CCc2ccc(Oc3ccc(CBr)cc3Br)cc2)CC1. The van der Waals surface area contributed by atoms with Gasteiger partial charge in [0.1, 0.15) is 17.1 Å². The van der Waals surface area contributed by atoms with E-state index < -0.39 is 5.60 Å². The highest BCUT2D eigenvalue weighted by molar-refractivity contribution is 9.10. The summed E-state index contributed by atoms with van der Waals surface area (Å²) in [6, 6.07) is 14.5. The molecule has 1 amide bonds.